The molecule has 0 amide bonds. The zero-order chi connectivity index (χ0) is 13.6. The van der Waals surface area contributed by atoms with E-state index in [2.05, 4.69) is 0 Å². The van der Waals surface area contributed by atoms with Crippen LogP contribution < -0.4 is 5.30 Å². The Kier molecular flexibility index (Phi) is 5.74. The van der Waals surface area contributed by atoms with Gasteiger partial charge in [0.2, 0.25) is 0 Å². The van der Waals surface area contributed by atoms with Crippen molar-refractivity contribution in [1.29, 1.82) is 5.26 Å². The molecule has 0 aliphatic carbocycles. The number of nitriles is 1. The number of benzene rings is 1. The summed E-state index contributed by atoms with van der Waals surface area (Å²) in [5, 5.41) is 9.58. The maximum atomic E-state index is 11.4. The molecule has 2 unspecified atom stereocenters. The lowest BCUT2D eigenvalue weighted by molar-refractivity contribution is 0.478. The van der Waals surface area contributed by atoms with Gasteiger partial charge in [-0.3, -0.25) is 4.55 Å². The van der Waals surface area contributed by atoms with Crippen LogP contribution in [-0.4, -0.2) is 24.1 Å². The second kappa shape index (κ2) is 6.84. The summed E-state index contributed by atoms with van der Waals surface area (Å²) in [6.45, 7) is 1.74. The van der Waals surface area contributed by atoms with Crippen LogP contribution in [0.3, 0.4) is 0 Å². The molecule has 0 heterocycles. The van der Waals surface area contributed by atoms with Crippen LogP contribution in [0.4, 0.5) is 0 Å². The highest BCUT2D eigenvalue weighted by atomic mass is 32.2. The van der Waals surface area contributed by atoms with Crippen molar-refractivity contribution < 1.29 is 13.0 Å². The van der Waals surface area contributed by atoms with E-state index in [1.807, 2.05) is 36.4 Å². The van der Waals surface area contributed by atoms with Crippen LogP contribution in [0.15, 0.2) is 30.3 Å². The van der Waals surface area contributed by atoms with E-state index in [0.29, 0.717) is 19.0 Å². The van der Waals surface area contributed by atoms with Crippen molar-refractivity contribution in [2.24, 2.45) is 0 Å². The van der Waals surface area contributed by atoms with E-state index in [1.54, 1.807) is 6.92 Å². The van der Waals surface area contributed by atoms with Gasteiger partial charge in [0.05, 0.1) is 6.07 Å². The standard InChI is InChI=1S/C12H16NO3PS/c1-2-12(18(14,15)16)17(10-6-9-13)11-7-4-3-5-8-11/h3-5,7-8,12H,2,6,10H2,1H3,(H,14,15,16). The average molecular weight is 285 g/mol. The summed E-state index contributed by atoms with van der Waals surface area (Å²) >= 11 is 0. The van der Waals surface area contributed by atoms with Crippen molar-refractivity contribution in [3.63, 3.8) is 0 Å². The third-order valence-electron chi connectivity index (χ3n) is 2.59. The predicted molar refractivity (Wildman–Crippen MR) is 73.7 cm³/mol. The SMILES string of the molecule is CCC(P(CCC#N)c1ccccc1)S(=O)(=O)O. The first kappa shape index (κ1) is 15.1. The minimum absolute atomic E-state index is 0.298. The van der Waals surface area contributed by atoms with Gasteiger partial charge in [0.25, 0.3) is 10.1 Å². The first-order chi connectivity index (χ1) is 8.50. The maximum Gasteiger partial charge on any atom is 0.272 e. The molecule has 0 bridgehead atoms. The monoisotopic (exact) mass is 285 g/mol. The van der Waals surface area contributed by atoms with E-state index in [9.17, 15) is 13.0 Å². The number of nitrogens with zero attached hydrogens (tertiary/aromatic N) is 1. The van der Waals surface area contributed by atoms with Crippen LogP contribution in [0.1, 0.15) is 19.8 Å². The summed E-state index contributed by atoms with van der Waals surface area (Å²) in [5.41, 5.74) is 0. The molecule has 0 fully saturated rings. The third-order valence-corrected chi connectivity index (χ3v) is 7.90. The first-order valence-corrected chi connectivity index (χ1v) is 8.75. The molecule has 1 aromatic carbocycles. The van der Waals surface area contributed by atoms with Crippen LogP contribution in [0.25, 0.3) is 0 Å². The highest BCUT2D eigenvalue weighted by Gasteiger charge is 2.30. The summed E-state index contributed by atoms with van der Waals surface area (Å²) in [7, 11) is -5.15. The molecule has 1 N–H and O–H groups in total. The van der Waals surface area contributed by atoms with Gasteiger partial charge in [-0.25, -0.2) is 0 Å². The fourth-order valence-electron chi connectivity index (χ4n) is 1.82. The quantitative estimate of drug-likeness (QED) is 0.642. The molecule has 98 valence electrons. The molecule has 0 aliphatic rings. The third kappa shape index (κ3) is 4.06. The molecule has 0 aliphatic heterocycles. The minimum Gasteiger partial charge on any atom is -0.285 e. The van der Waals surface area contributed by atoms with Crippen LogP contribution in [0.2, 0.25) is 0 Å². The van der Waals surface area contributed by atoms with Gasteiger partial charge in [0, 0.05) is 6.42 Å². The minimum atomic E-state index is -4.07. The Hall–Kier alpha value is -0.950. The van der Waals surface area contributed by atoms with E-state index in [-0.39, 0.29) is 0 Å². The number of rotatable bonds is 6. The molecule has 0 spiro atoms. The highest BCUT2D eigenvalue weighted by molar-refractivity contribution is 7.96. The molecule has 6 heteroatoms. The Labute approximate surface area is 109 Å². The molecule has 1 aromatic rings. The average Bonchev–Trinajstić information content (AvgIpc) is 2.34. The van der Waals surface area contributed by atoms with Gasteiger partial charge in [0.1, 0.15) is 4.99 Å². The molecule has 1 rings (SSSR count). The molecule has 4 nitrogen and oxygen atoms in total. The van der Waals surface area contributed by atoms with Gasteiger partial charge in [-0.2, -0.15) is 13.7 Å². The summed E-state index contributed by atoms with van der Waals surface area (Å²) < 4.78 is 32.2. The van der Waals surface area contributed by atoms with E-state index in [1.165, 1.54) is 0 Å². The number of hydrogen-bond acceptors (Lipinski definition) is 3. The van der Waals surface area contributed by atoms with Crippen molar-refractivity contribution in [2.75, 3.05) is 6.16 Å². The van der Waals surface area contributed by atoms with Gasteiger partial charge in [-0.05, 0) is 17.9 Å². The van der Waals surface area contributed by atoms with Gasteiger partial charge in [-0.15, -0.1) is 0 Å². The summed E-state index contributed by atoms with van der Waals surface area (Å²) in [6, 6.07) is 11.3. The summed E-state index contributed by atoms with van der Waals surface area (Å²) in [6.07, 6.45) is 1.14. The second-order valence-corrected chi connectivity index (χ2v) is 8.29. The van der Waals surface area contributed by atoms with E-state index in [0.717, 1.165) is 5.30 Å². The van der Waals surface area contributed by atoms with Crippen molar-refractivity contribution in [1.82, 2.24) is 0 Å². The molecule has 2 atom stereocenters. The Morgan fingerprint density at radius 3 is 2.44 bits per heavy atom. The van der Waals surface area contributed by atoms with Gasteiger partial charge in [0.15, 0.2) is 0 Å². The fraction of sp³-hybridized carbons (Fsp3) is 0.417. The van der Waals surface area contributed by atoms with Crippen LogP contribution in [0, 0.1) is 11.3 Å². The highest BCUT2D eigenvalue weighted by Crippen LogP contribution is 2.44. The van der Waals surface area contributed by atoms with Crippen LogP contribution in [-0.2, 0) is 10.1 Å². The normalized spacial score (nSPS) is 14.7. The summed E-state index contributed by atoms with van der Waals surface area (Å²) in [5.74, 6) is 0. The molecule has 0 aromatic heterocycles. The van der Waals surface area contributed by atoms with Crippen molar-refractivity contribution in [3.05, 3.63) is 30.3 Å². The lowest BCUT2D eigenvalue weighted by Gasteiger charge is -2.24. The topological polar surface area (TPSA) is 78.2 Å². The molecule has 0 saturated heterocycles. The van der Waals surface area contributed by atoms with E-state index in [4.69, 9.17) is 5.26 Å². The van der Waals surface area contributed by atoms with Crippen LogP contribution >= 0.6 is 7.92 Å². The molecule has 0 saturated carbocycles. The molecule has 18 heavy (non-hydrogen) atoms. The van der Waals surface area contributed by atoms with Crippen LogP contribution in [0.5, 0.6) is 0 Å². The molecular formula is C12H16NO3PS. The Morgan fingerprint density at radius 1 is 1.39 bits per heavy atom. The zero-order valence-electron chi connectivity index (χ0n) is 10.2. The predicted octanol–water partition coefficient (Wildman–Crippen LogP) is 2.33. The van der Waals surface area contributed by atoms with Gasteiger partial charge >= 0.3 is 0 Å². The summed E-state index contributed by atoms with van der Waals surface area (Å²) in [4.78, 5) is -0.789. The van der Waals surface area contributed by atoms with Gasteiger partial charge in [-0.1, -0.05) is 45.2 Å². The number of hydrogen-bond donors (Lipinski definition) is 1. The van der Waals surface area contributed by atoms with Crippen molar-refractivity contribution in [3.8, 4) is 6.07 Å². The Balaban J connectivity index is 3.09. The first-order valence-electron chi connectivity index (χ1n) is 5.65. The Bertz CT molecular complexity index is 510. The maximum absolute atomic E-state index is 11.4. The molecule has 0 radical (unpaired) electrons. The lowest BCUT2D eigenvalue weighted by Crippen LogP contribution is -2.23. The second-order valence-electron chi connectivity index (χ2n) is 3.81. The largest absolute Gasteiger partial charge is 0.285 e. The zero-order valence-corrected chi connectivity index (χ0v) is 11.9. The Morgan fingerprint density at radius 2 is 2.00 bits per heavy atom. The van der Waals surface area contributed by atoms with Crippen molar-refractivity contribution >= 4 is 23.3 Å². The van der Waals surface area contributed by atoms with Gasteiger partial charge < -0.3 is 0 Å². The lowest BCUT2D eigenvalue weighted by atomic mass is 10.4. The van der Waals surface area contributed by atoms with E-state index >= 15 is 0 Å². The van der Waals surface area contributed by atoms with Crippen molar-refractivity contribution in [2.45, 2.75) is 24.8 Å². The fourth-order valence-corrected chi connectivity index (χ4v) is 6.43. The molecular weight excluding hydrogens is 269 g/mol. The van der Waals surface area contributed by atoms with E-state index < -0.39 is 23.0 Å². The smallest absolute Gasteiger partial charge is 0.272 e.